The molecule has 6 nitrogen and oxygen atoms in total. The highest BCUT2D eigenvalue weighted by Crippen LogP contribution is 2.43. The Bertz CT molecular complexity index is 666. The van der Waals surface area contributed by atoms with Crippen molar-refractivity contribution in [2.75, 3.05) is 19.6 Å². The van der Waals surface area contributed by atoms with Crippen LogP contribution in [-0.2, 0) is 6.42 Å². The normalized spacial score (nSPS) is 19.3. The Balaban J connectivity index is 0.00000131. The third-order valence-electron chi connectivity index (χ3n) is 5.84. The zero-order chi connectivity index (χ0) is 17.0. The molecular weight excluding hydrogens is 385 g/mol. The lowest BCUT2D eigenvalue weighted by molar-refractivity contribution is 0.116. The van der Waals surface area contributed by atoms with Crippen LogP contribution >= 0.6 is 24.8 Å². The smallest absolute Gasteiger partial charge is 0.228 e. The summed E-state index contributed by atoms with van der Waals surface area (Å²) in [5.41, 5.74) is 1.39. The minimum Gasteiger partial charge on any atom is -0.339 e. The van der Waals surface area contributed by atoms with Gasteiger partial charge < -0.3 is 15.2 Å². The molecule has 27 heavy (non-hydrogen) atoms. The average molecular weight is 414 g/mol. The molecule has 0 amide bonds. The number of nitrogens with one attached hydrogen (secondary N) is 2. The summed E-state index contributed by atoms with van der Waals surface area (Å²) in [6.07, 6.45) is 10.6. The van der Waals surface area contributed by atoms with Crippen LogP contribution in [0.1, 0.15) is 44.4 Å². The van der Waals surface area contributed by atoms with Gasteiger partial charge in [0, 0.05) is 25.2 Å². The third-order valence-corrected chi connectivity index (χ3v) is 5.84. The Hall–Kier alpha value is -1.21. The lowest BCUT2D eigenvalue weighted by Gasteiger charge is -2.43. The Labute approximate surface area is 173 Å². The van der Waals surface area contributed by atoms with Crippen LogP contribution in [0.3, 0.4) is 0 Å². The number of rotatable bonds is 5. The lowest BCUT2D eigenvalue weighted by Crippen LogP contribution is -2.43. The van der Waals surface area contributed by atoms with Gasteiger partial charge in [0.05, 0.1) is 0 Å². The molecule has 1 spiro atoms. The maximum Gasteiger partial charge on any atom is 0.228 e. The predicted molar refractivity (Wildman–Crippen MR) is 111 cm³/mol. The molecule has 2 aromatic heterocycles. The second-order valence-corrected chi connectivity index (χ2v) is 7.46. The summed E-state index contributed by atoms with van der Waals surface area (Å²) in [6.45, 7) is 3.30. The van der Waals surface area contributed by atoms with Crippen molar-refractivity contribution in [2.45, 2.75) is 51.0 Å². The SMILES string of the molecule is Cl.Cl.c1ccc(-c2noc(CCNC3CCC4(CCNCC4)CC3)n2)nc1. The molecular formula is C19H29Cl2N5O. The van der Waals surface area contributed by atoms with E-state index in [0.717, 1.165) is 18.7 Å². The average Bonchev–Trinajstić information content (AvgIpc) is 3.14. The fourth-order valence-corrected chi connectivity index (χ4v) is 4.23. The highest BCUT2D eigenvalue weighted by atomic mass is 35.5. The minimum absolute atomic E-state index is 0. The molecule has 2 aliphatic rings. The van der Waals surface area contributed by atoms with Crippen molar-refractivity contribution in [3.05, 3.63) is 30.3 Å². The van der Waals surface area contributed by atoms with Crippen LogP contribution < -0.4 is 10.6 Å². The summed E-state index contributed by atoms with van der Waals surface area (Å²) in [5.74, 6) is 1.25. The van der Waals surface area contributed by atoms with E-state index >= 15 is 0 Å². The molecule has 0 aromatic carbocycles. The zero-order valence-corrected chi connectivity index (χ0v) is 17.2. The summed E-state index contributed by atoms with van der Waals surface area (Å²) in [6, 6.07) is 6.34. The van der Waals surface area contributed by atoms with Crippen LogP contribution in [0.5, 0.6) is 0 Å². The number of hydrogen-bond donors (Lipinski definition) is 2. The Morgan fingerprint density at radius 1 is 1.11 bits per heavy atom. The topological polar surface area (TPSA) is 75.9 Å². The Kier molecular flexibility index (Phi) is 8.48. The molecule has 150 valence electrons. The lowest BCUT2D eigenvalue weighted by atomic mass is 9.67. The molecule has 2 N–H and O–H groups in total. The van der Waals surface area contributed by atoms with Gasteiger partial charge in [-0.05, 0) is 69.2 Å². The third kappa shape index (κ3) is 5.64. The van der Waals surface area contributed by atoms with Crippen molar-refractivity contribution in [1.29, 1.82) is 0 Å². The van der Waals surface area contributed by atoms with Crippen molar-refractivity contribution >= 4 is 24.8 Å². The molecule has 1 aliphatic carbocycles. The Morgan fingerprint density at radius 2 is 1.89 bits per heavy atom. The second-order valence-electron chi connectivity index (χ2n) is 7.46. The van der Waals surface area contributed by atoms with Gasteiger partial charge in [0.15, 0.2) is 0 Å². The van der Waals surface area contributed by atoms with Crippen LogP contribution in [-0.4, -0.2) is 40.8 Å². The molecule has 1 saturated heterocycles. The van der Waals surface area contributed by atoms with Crippen molar-refractivity contribution in [3.8, 4) is 11.5 Å². The first-order valence-electron chi connectivity index (χ1n) is 9.51. The summed E-state index contributed by atoms with van der Waals surface area (Å²) < 4.78 is 5.35. The van der Waals surface area contributed by atoms with Gasteiger partial charge in [-0.3, -0.25) is 4.98 Å². The van der Waals surface area contributed by atoms with E-state index in [2.05, 4.69) is 25.8 Å². The standard InChI is InChI=1S/C19H27N5O.2ClH/c1-2-11-22-16(3-1)18-23-17(25-24-18)6-12-21-15-4-7-19(8-5-15)9-13-20-14-10-19;;/h1-3,11,15,20-21H,4-10,12-14H2;2*1H. The molecule has 0 unspecified atom stereocenters. The summed E-state index contributed by atoms with van der Waals surface area (Å²) >= 11 is 0. The number of aromatic nitrogens is 3. The first kappa shape index (κ1) is 22.1. The fraction of sp³-hybridized carbons (Fsp3) is 0.632. The van der Waals surface area contributed by atoms with E-state index in [9.17, 15) is 0 Å². The summed E-state index contributed by atoms with van der Waals surface area (Å²) in [4.78, 5) is 8.70. The van der Waals surface area contributed by atoms with E-state index in [-0.39, 0.29) is 24.8 Å². The monoisotopic (exact) mass is 413 g/mol. The van der Waals surface area contributed by atoms with Gasteiger partial charge in [0.1, 0.15) is 5.69 Å². The zero-order valence-electron chi connectivity index (χ0n) is 15.5. The molecule has 4 rings (SSSR count). The van der Waals surface area contributed by atoms with Gasteiger partial charge in [-0.25, -0.2) is 0 Å². The van der Waals surface area contributed by atoms with E-state index in [0.29, 0.717) is 23.2 Å². The van der Waals surface area contributed by atoms with Crippen molar-refractivity contribution in [2.24, 2.45) is 5.41 Å². The van der Waals surface area contributed by atoms with Crippen LogP contribution in [0.4, 0.5) is 0 Å². The number of pyridine rings is 1. The van der Waals surface area contributed by atoms with Crippen LogP contribution in [0, 0.1) is 5.41 Å². The molecule has 3 heterocycles. The second kappa shape index (κ2) is 10.4. The van der Waals surface area contributed by atoms with E-state index in [4.69, 9.17) is 4.52 Å². The quantitative estimate of drug-likeness (QED) is 0.781. The van der Waals surface area contributed by atoms with Crippen LogP contribution in [0.2, 0.25) is 0 Å². The molecule has 2 fully saturated rings. The maximum absolute atomic E-state index is 5.35. The largest absolute Gasteiger partial charge is 0.339 e. The van der Waals surface area contributed by atoms with Gasteiger partial charge in [0.2, 0.25) is 11.7 Å². The van der Waals surface area contributed by atoms with Crippen molar-refractivity contribution < 1.29 is 4.52 Å². The van der Waals surface area contributed by atoms with Gasteiger partial charge in [-0.15, -0.1) is 24.8 Å². The number of piperidine rings is 1. The number of halogens is 2. The first-order chi connectivity index (χ1) is 12.3. The van der Waals surface area contributed by atoms with Crippen molar-refractivity contribution in [3.63, 3.8) is 0 Å². The maximum atomic E-state index is 5.35. The molecule has 1 aliphatic heterocycles. The van der Waals surface area contributed by atoms with Crippen LogP contribution in [0.15, 0.2) is 28.9 Å². The summed E-state index contributed by atoms with van der Waals surface area (Å²) in [5, 5.41) is 11.2. The number of hydrogen-bond acceptors (Lipinski definition) is 6. The van der Waals surface area contributed by atoms with E-state index in [1.165, 1.54) is 51.6 Å². The number of nitrogens with zero attached hydrogens (tertiary/aromatic N) is 3. The Morgan fingerprint density at radius 3 is 2.59 bits per heavy atom. The van der Waals surface area contributed by atoms with E-state index < -0.39 is 0 Å². The predicted octanol–water partition coefficient (Wildman–Crippen LogP) is 3.42. The van der Waals surface area contributed by atoms with E-state index in [1.807, 2.05) is 18.2 Å². The van der Waals surface area contributed by atoms with Gasteiger partial charge in [-0.1, -0.05) is 11.2 Å². The van der Waals surface area contributed by atoms with Crippen LogP contribution in [0.25, 0.3) is 11.5 Å². The highest BCUT2D eigenvalue weighted by Gasteiger charge is 2.35. The first-order valence-corrected chi connectivity index (χ1v) is 9.51. The molecule has 0 radical (unpaired) electrons. The minimum atomic E-state index is 0. The highest BCUT2D eigenvalue weighted by molar-refractivity contribution is 5.85. The molecule has 0 bridgehead atoms. The fourth-order valence-electron chi connectivity index (χ4n) is 4.23. The van der Waals surface area contributed by atoms with Gasteiger partial charge in [0.25, 0.3) is 0 Å². The van der Waals surface area contributed by atoms with Gasteiger partial charge >= 0.3 is 0 Å². The molecule has 8 heteroatoms. The van der Waals surface area contributed by atoms with Gasteiger partial charge in [-0.2, -0.15) is 4.98 Å². The van der Waals surface area contributed by atoms with Crippen molar-refractivity contribution in [1.82, 2.24) is 25.8 Å². The molecule has 1 saturated carbocycles. The molecule has 0 atom stereocenters. The summed E-state index contributed by atoms with van der Waals surface area (Å²) in [7, 11) is 0. The van der Waals surface area contributed by atoms with E-state index in [1.54, 1.807) is 6.20 Å². The molecule has 2 aromatic rings.